The zero-order chi connectivity index (χ0) is 13.0. The van der Waals surface area contributed by atoms with Crippen molar-refractivity contribution in [3.8, 4) is 0 Å². The maximum absolute atomic E-state index is 6.08. The second-order valence-electron chi connectivity index (χ2n) is 4.08. The molecule has 0 unspecified atom stereocenters. The van der Waals surface area contributed by atoms with Crippen LogP contribution in [-0.4, -0.2) is 9.55 Å². The van der Waals surface area contributed by atoms with E-state index in [4.69, 9.17) is 23.2 Å². The van der Waals surface area contributed by atoms with Crippen molar-refractivity contribution in [2.24, 2.45) is 0 Å². The fourth-order valence-corrected chi connectivity index (χ4v) is 2.17. The molecule has 1 aromatic carbocycles. The maximum atomic E-state index is 6.08. The van der Waals surface area contributed by atoms with Gasteiger partial charge in [-0.3, -0.25) is 0 Å². The number of anilines is 1. The zero-order valence-corrected chi connectivity index (χ0v) is 11.7. The topological polar surface area (TPSA) is 29.9 Å². The number of nitrogens with zero attached hydrogens (tertiary/aromatic N) is 2. The van der Waals surface area contributed by atoms with Gasteiger partial charge in [-0.1, -0.05) is 30.1 Å². The van der Waals surface area contributed by atoms with Crippen LogP contribution < -0.4 is 5.32 Å². The van der Waals surface area contributed by atoms with Gasteiger partial charge in [0.05, 0.1) is 29.3 Å². The molecule has 0 atom stereocenters. The van der Waals surface area contributed by atoms with E-state index in [1.54, 1.807) is 6.07 Å². The molecular weight excluding hydrogens is 269 g/mol. The minimum atomic E-state index is 0.621. The summed E-state index contributed by atoms with van der Waals surface area (Å²) in [5, 5.41) is 4.50. The first-order valence-electron chi connectivity index (χ1n) is 5.88. The van der Waals surface area contributed by atoms with E-state index in [9.17, 15) is 0 Å². The highest BCUT2D eigenvalue weighted by molar-refractivity contribution is 6.36. The van der Waals surface area contributed by atoms with Crippen LogP contribution in [-0.2, 0) is 13.1 Å². The van der Waals surface area contributed by atoms with Gasteiger partial charge < -0.3 is 9.88 Å². The second kappa shape index (κ2) is 6.12. The molecule has 1 aromatic heterocycles. The van der Waals surface area contributed by atoms with E-state index >= 15 is 0 Å². The van der Waals surface area contributed by atoms with Gasteiger partial charge in [-0.2, -0.15) is 0 Å². The Morgan fingerprint density at radius 2 is 2.17 bits per heavy atom. The molecule has 96 valence electrons. The zero-order valence-electron chi connectivity index (χ0n) is 10.2. The van der Waals surface area contributed by atoms with Crippen LogP contribution >= 0.6 is 23.2 Å². The molecule has 0 radical (unpaired) electrons. The van der Waals surface area contributed by atoms with Crippen molar-refractivity contribution in [1.82, 2.24) is 9.55 Å². The largest absolute Gasteiger partial charge is 0.378 e. The number of imidazole rings is 1. The fraction of sp³-hybridized carbons (Fsp3) is 0.308. The number of halogens is 2. The molecule has 2 aromatic rings. The fourth-order valence-electron chi connectivity index (χ4n) is 1.70. The molecule has 0 aliphatic rings. The van der Waals surface area contributed by atoms with Crippen molar-refractivity contribution in [2.75, 3.05) is 5.32 Å². The Morgan fingerprint density at radius 1 is 1.33 bits per heavy atom. The third kappa shape index (κ3) is 3.40. The van der Waals surface area contributed by atoms with Gasteiger partial charge in [-0.25, -0.2) is 4.98 Å². The Morgan fingerprint density at radius 3 is 2.89 bits per heavy atom. The highest BCUT2D eigenvalue weighted by Crippen LogP contribution is 2.25. The van der Waals surface area contributed by atoms with Gasteiger partial charge in [0.25, 0.3) is 0 Å². The molecule has 0 aliphatic heterocycles. The summed E-state index contributed by atoms with van der Waals surface area (Å²) >= 11 is 11.9. The maximum Gasteiger partial charge on any atom is 0.0950 e. The van der Waals surface area contributed by atoms with E-state index in [2.05, 4.69) is 21.8 Å². The average molecular weight is 284 g/mol. The molecule has 0 aliphatic carbocycles. The Balaban J connectivity index is 1.97. The molecule has 0 saturated heterocycles. The van der Waals surface area contributed by atoms with Gasteiger partial charge in [-0.05, 0) is 24.6 Å². The minimum Gasteiger partial charge on any atom is -0.378 e. The highest BCUT2D eigenvalue weighted by Gasteiger charge is 2.02. The average Bonchev–Trinajstić information content (AvgIpc) is 2.76. The van der Waals surface area contributed by atoms with Crippen molar-refractivity contribution < 1.29 is 0 Å². The van der Waals surface area contributed by atoms with Crippen LogP contribution in [0.5, 0.6) is 0 Å². The second-order valence-corrected chi connectivity index (χ2v) is 4.92. The van der Waals surface area contributed by atoms with Gasteiger partial charge in [0.15, 0.2) is 0 Å². The molecule has 2 rings (SSSR count). The molecule has 5 heteroatoms. The smallest absolute Gasteiger partial charge is 0.0950 e. The Kier molecular flexibility index (Phi) is 4.50. The molecule has 0 saturated carbocycles. The van der Waals surface area contributed by atoms with Gasteiger partial charge in [0.1, 0.15) is 0 Å². The normalized spacial score (nSPS) is 10.6. The molecule has 0 spiro atoms. The number of hydrogen-bond acceptors (Lipinski definition) is 2. The van der Waals surface area contributed by atoms with E-state index in [0.29, 0.717) is 16.6 Å². The lowest BCUT2D eigenvalue weighted by Crippen LogP contribution is -2.00. The van der Waals surface area contributed by atoms with Crippen LogP contribution in [0.25, 0.3) is 0 Å². The summed E-state index contributed by atoms with van der Waals surface area (Å²) in [6, 6.07) is 5.40. The summed E-state index contributed by atoms with van der Waals surface area (Å²) in [6.45, 7) is 3.79. The Bertz CT molecular complexity index is 523. The van der Waals surface area contributed by atoms with Crippen molar-refractivity contribution in [2.45, 2.75) is 26.4 Å². The summed E-state index contributed by atoms with van der Waals surface area (Å²) in [5.74, 6) is 0. The SMILES string of the molecule is CCCn1cnc(CNc2ccc(Cl)cc2Cl)c1. The lowest BCUT2D eigenvalue weighted by molar-refractivity contribution is 0.678. The number of rotatable bonds is 5. The molecule has 1 heterocycles. The van der Waals surface area contributed by atoms with E-state index in [-0.39, 0.29) is 0 Å². The molecule has 18 heavy (non-hydrogen) atoms. The third-order valence-corrected chi connectivity index (χ3v) is 3.11. The first kappa shape index (κ1) is 13.2. The van der Waals surface area contributed by atoms with Crippen LogP contribution in [0.15, 0.2) is 30.7 Å². The highest BCUT2D eigenvalue weighted by atomic mass is 35.5. The number of benzene rings is 1. The van der Waals surface area contributed by atoms with Crippen molar-refractivity contribution in [1.29, 1.82) is 0 Å². The first-order valence-corrected chi connectivity index (χ1v) is 6.64. The quantitative estimate of drug-likeness (QED) is 0.891. The standard InChI is InChI=1S/C13H15Cl2N3/c1-2-5-18-8-11(17-9-18)7-16-13-4-3-10(14)6-12(13)15/h3-4,6,8-9,16H,2,5,7H2,1H3. The summed E-state index contributed by atoms with van der Waals surface area (Å²) in [4.78, 5) is 4.33. The summed E-state index contributed by atoms with van der Waals surface area (Å²) in [5.41, 5.74) is 1.86. The van der Waals surface area contributed by atoms with E-state index in [1.807, 2.05) is 24.7 Å². The number of aromatic nitrogens is 2. The molecule has 0 amide bonds. The summed E-state index contributed by atoms with van der Waals surface area (Å²) in [7, 11) is 0. The van der Waals surface area contributed by atoms with Crippen molar-refractivity contribution in [3.05, 3.63) is 46.5 Å². The van der Waals surface area contributed by atoms with Crippen LogP contribution in [0.2, 0.25) is 10.0 Å². The van der Waals surface area contributed by atoms with Gasteiger partial charge in [-0.15, -0.1) is 0 Å². The lowest BCUT2D eigenvalue weighted by Gasteiger charge is -2.06. The molecule has 0 fully saturated rings. The van der Waals surface area contributed by atoms with Crippen LogP contribution in [0, 0.1) is 0 Å². The van der Waals surface area contributed by atoms with Crippen molar-refractivity contribution >= 4 is 28.9 Å². The number of aryl methyl sites for hydroxylation is 1. The first-order chi connectivity index (χ1) is 8.69. The summed E-state index contributed by atoms with van der Waals surface area (Å²) < 4.78 is 2.08. The molecular formula is C13H15Cl2N3. The van der Waals surface area contributed by atoms with E-state index in [1.165, 1.54) is 0 Å². The van der Waals surface area contributed by atoms with Crippen LogP contribution in [0.3, 0.4) is 0 Å². The predicted octanol–water partition coefficient (Wildman–Crippen LogP) is 4.21. The van der Waals surface area contributed by atoms with Gasteiger partial charge in [0.2, 0.25) is 0 Å². The van der Waals surface area contributed by atoms with E-state index < -0.39 is 0 Å². The predicted molar refractivity (Wildman–Crippen MR) is 76.3 cm³/mol. The third-order valence-electron chi connectivity index (χ3n) is 2.56. The Hall–Kier alpha value is -1.19. The number of nitrogens with one attached hydrogen (secondary N) is 1. The monoisotopic (exact) mass is 283 g/mol. The molecule has 1 N–H and O–H groups in total. The molecule has 3 nitrogen and oxygen atoms in total. The minimum absolute atomic E-state index is 0.621. The van der Waals surface area contributed by atoms with Gasteiger partial charge >= 0.3 is 0 Å². The van der Waals surface area contributed by atoms with E-state index in [0.717, 1.165) is 24.3 Å². The van der Waals surface area contributed by atoms with Crippen LogP contribution in [0.1, 0.15) is 19.0 Å². The molecule has 0 bridgehead atoms. The lowest BCUT2D eigenvalue weighted by atomic mass is 10.3. The van der Waals surface area contributed by atoms with Crippen molar-refractivity contribution in [3.63, 3.8) is 0 Å². The Labute approximate surface area is 117 Å². The summed E-state index contributed by atoms with van der Waals surface area (Å²) in [6.07, 6.45) is 5.00. The van der Waals surface area contributed by atoms with Crippen LogP contribution in [0.4, 0.5) is 5.69 Å². The van der Waals surface area contributed by atoms with Gasteiger partial charge in [0, 0.05) is 17.8 Å². The number of hydrogen-bond donors (Lipinski definition) is 1.